The summed E-state index contributed by atoms with van der Waals surface area (Å²) in [6, 6.07) is 9.44. The summed E-state index contributed by atoms with van der Waals surface area (Å²) >= 11 is 6.12. The van der Waals surface area contributed by atoms with Crippen LogP contribution in [-0.2, 0) is 13.2 Å². The fraction of sp³-hybridized carbons (Fsp3) is 0.211. The van der Waals surface area contributed by atoms with Gasteiger partial charge in [0.2, 0.25) is 5.91 Å². The lowest BCUT2D eigenvalue weighted by Gasteiger charge is -2.16. The summed E-state index contributed by atoms with van der Waals surface area (Å²) in [7, 11) is 1.55. The normalized spacial score (nSPS) is 12.6. The molecular formula is C19H16ClF3N4O2. The molecule has 0 saturated carbocycles. The second-order valence-electron chi connectivity index (χ2n) is 6.25. The average Bonchev–Trinajstić information content (AvgIpc) is 3.04. The first-order chi connectivity index (χ1) is 13.6. The Morgan fingerprint density at radius 1 is 1.21 bits per heavy atom. The Balaban J connectivity index is 1.92. The highest BCUT2D eigenvalue weighted by Gasteiger charge is 2.35. The molecule has 152 valence electrons. The van der Waals surface area contributed by atoms with Gasteiger partial charge in [-0.25, -0.2) is 0 Å². The molecule has 6 nitrogen and oxygen atoms in total. The number of hydrogen-bond acceptors (Lipinski definition) is 4. The first kappa shape index (κ1) is 20.7. The molecule has 2 N–H and O–H groups in total. The maximum Gasteiger partial charge on any atom is 0.417 e. The molecule has 0 unspecified atom stereocenters. The van der Waals surface area contributed by atoms with Crippen molar-refractivity contribution in [3.8, 4) is 17.1 Å². The molecule has 3 rings (SSSR count). The number of carbonyl (C=O) groups excluding carboxylic acids is 1. The third-order valence-electron chi connectivity index (χ3n) is 4.27. The Morgan fingerprint density at radius 3 is 2.52 bits per heavy atom. The minimum Gasteiger partial charge on any atom is -0.481 e. The van der Waals surface area contributed by atoms with Gasteiger partial charge in [-0.1, -0.05) is 29.8 Å². The van der Waals surface area contributed by atoms with E-state index in [0.717, 1.165) is 6.07 Å². The largest absolute Gasteiger partial charge is 0.481 e. The van der Waals surface area contributed by atoms with Gasteiger partial charge in [0.05, 0.1) is 10.6 Å². The van der Waals surface area contributed by atoms with E-state index in [0.29, 0.717) is 5.82 Å². The van der Waals surface area contributed by atoms with E-state index >= 15 is 0 Å². The van der Waals surface area contributed by atoms with Crippen LogP contribution in [0.4, 0.5) is 13.2 Å². The van der Waals surface area contributed by atoms with Gasteiger partial charge >= 0.3 is 6.18 Å². The molecular weight excluding hydrogens is 409 g/mol. The second-order valence-corrected chi connectivity index (χ2v) is 6.66. The van der Waals surface area contributed by atoms with Gasteiger partial charge < -0.3 is 15.0 Å². The highest BCUT2D eigenvalue weighted by molar-refractivity contribution is 6.32. The summed E-state index contributed by atoms with van der Waals surface area (Å²) in [6.07, 6.45) is -5.21. The van der Waals surface area contributed by atoms with Crippen LogP contribution in [0, 0.1) is 0 Å². The summed E-state index contributed by atoms with van der Waals surface area (Å²) < 4.78 is 47.2. The van der Waals surface area contributed by atoms with E-state index in [2.05, 4.69) is 10.2 Å². The highest BCUT2D eigenvalue weighted by atomic mass is 35.5. The number of nitrogens with zero attached hydrogens (tertiary/aromatic N) is 3. The van der Waals surface area contributed by atoms with Gasteiger partial charge in [-0.2, -0.15) is 13.2 Å². The fourth-order valence-corrected chi connectivity index (χ4v) is 3.07. The molecule has 29 heavy (non-hydrogen) atoms. The number of halogens is 4. The monoisotopic (exact) mass is 424 g/mol. The van der Waals surface area contributed by atoms with Crippen molar-refractivity contribution < 1.29 is 22.7 Å². The topological polar surface area (TPSA) is 83.0 Å². The van der Waals surface area contributed by atoms with E-state index < -0.39 is 23.8 Å². The standard InChI is InChI=1S/C19H16ClF3N4O2/c1-10(29-15-8-7-11(16(24)28)9-14(15)20)17-25-26-18(27(17)2)12-5-3-4-6-13(12)19(21,22)23/h3-10H,1-2H3,(H2,24,28)/t10-/m1/s1. The fourth-order valence-electron chi connectivity index (χ4n) is 2.85. The van der Waals surface area contributed by atoms with Crippen LogP contribution in [0.3, 0.4) is 0 Å². The van der Waals surface area contributed by atoms with Crippen LogP contribution >= 0.6 is 11.6 Å². The molecule has 0 fully saturated rings. The number of amides is 1. The molecule has 1 heterocycles. The van der Waals surface area contributed by atoms with Crippen LogP contribution in [0.25, 0.3) is 11.4 Å². The highest BCUT2D eigenvalue weighted by Crippen LogP contribution is 2.37. The van der Waals surface area contributed by atoms with E-state index in [9.17, 15) is 18.0 Å². The number of nitrogens with two attached hydrogens (primary N) is 1. The molecule has 0 aliphatic heterocycles. The maximum atomic E-state index is 13.3. The molecule has 0 radical (unpaired) electrons. The number of aromatic nitrogens is 3. The molecule has 1 amide bonds. The van der Waals surface area contributed by atoms with Crippen molar-refractivity contribution in [2.75, 3.05) is 0 Å². The third kappa shape index (κ3) is 4.19. The van der Waals surface area contributed by atoms with Crippen LogP contribution in [0.2, 0.25) is 5.02 Å². The number of benzene rings is 2. The van der Waals surface area contributed by atoms with Gasteiger partial charge in [0, 0.05) is 18.2 Å². The first-order valence-electron chi connectivity index (χ1n) is 8.41. The van der Waals surface area contributed by atoms with Crippen LogP contribution in [-0.4, -0.2) is 20.7 Å². The van der Waals surface area contributed by atoms with E-state index in [1.54, 1.807) is 14.0 Å². The molecule has 0 saturated heterocycles. The number of rotatable bonds is 5. The lowest BCUT2D eigenvalue weighted by Crippen LogP contribution is -2.13. The minimum atomic E-state index is -4.53. The Hall–Kier alpha value is -3.07. The SMILES string of the molecule is C[C@@H](Oc1ccc(C(N)=O)cc1Cl)c1nnc(-c2ccccc2C(F)(F)F)n1C. The lowest BCUT2D eigenvalue weighted by molar-refractivity contribution is -0.137. The van der Waals surface area contributed by atoms with Crippen LogP contribution in [0.1, 0.15) is 34.8 Å². The second kappa shape index (κ2) is 7.75. The Kier molecular flexibility index (Phi) is 5.52. The summed E-state index contributed by atoms with van der Waals surface area (Å²) in [6.45, 7) is 1.65. The molecule has 2 aromatic carbocycles. The summed E-state index contributed by atoms with van der Waals surface area (Å²) in [5.74, 6) is -0.0113. The van der Waals surface area contributed by atoms with E-state index in [4.69, 9.17) is 22.1 Å². The Labute approximate surface area is 169 Å². The van der Waals surface area contributed by atoms with Crippen LogP contribution in [0.5, 0.6) is 5.75 Å². The number of ether oxygens (including phenoxy) is 1. The molecule has 1 atom stereocenters. The van der Waals surface area contributed by atoms with Gasteiger partial charge in [-0.3, -0.25) is 4.79 Å². The van der Waals surface area contributed by atoms with Crippen molar-refractivity contribution in [1.29, 1.82) is 0 Å². The molecule has 0 spiro atoms. The molecule has 0 aliphatic rings. The zero-order valence-electron chi connectivity index (χ0n) is 15.4. The number of alkyl halides is 3. The molecule has 3 aromatic rings. The number of hydrogen-bond donors (Lipinski definition) is 1. The summed E-state index contributed by atoms with van der Waals surface area (Å²) in [4.78, 5) is 11.2. The smallest absolute Gasteiger partial charge is 0.417 e. The van der Waals surface area contributed by atoms with Crippen molar-refractivity contribution in [3.05, 3.63) is 64.4 Å². The van der Waals surface area contributed by atoms with Gasteiger partial charge in [0.25, 0.3) is 0 Å². The zero-order chi connectivity index (χ0) is 21.3. The maximum absolute atomic E-state index is 13.3. The molecule has 0 aliphatic carbocycles. The van der Waals surface area contributed by atoms with Crippen molar-refractivity contribution in [3.63, 3.8) is 0 Å². The van der Waals surface area contributed by atoms with Gasteiger partial charge in [0.1, 0.15) is 5.75 Å². The van der Waals surface area contributed by atoms with Crippen molar-refractivity contribution >= 4 is 17.5 Å². The van der Waals surface area contributed by atoms with Gasteiger partial charge in [0.15, 0.2) is 17.8 Å². The number of primary amides is 1. The Bertz CT molecular complexity index is 1070. The van der Waals surface area contributed by atoms with Gasteiger partial charge in [-0.05, 0) is 31.2 Å². The quantitative estimate of drug-likeness (QED) is 0.658. The average molecular weight is 425 g/mol. The minimum absolute atomic E-state index is 0.0542. The van der Waals surface area contributed by atoms with Crippen molar-refractivity contribution in [2.24, 2.45) is 12.8 Å². The zero-order valence-corrected chi connectivity index (χ0v) is 16.1. The van der Waals surface area contributed by atoms with Crippen molar-refractivity contribution in [2.45, 2.75) is 19.2 Å². The van der Waals surface area contributed by atoms with Crippen molar-refractivity contribution in [1.82, 2.24) is 14.8 Å². The lowest BCUT2D eigenvalue weighted by atomic mass is 10.1. The summed E-state index contributed by atoms with van der Waals surface area (Å²) in [5.41, 5.74) is 4.54. The molecule has 10 heteroatoms. The van der Waals surface area contributed by atoms with Crippen LogP contribution in [0.15, 0.2) is 42.5 Å². The van der Waals surface area contributed by atoms with Gasteiger partial charge in [-0.15, -0.1) is 10.2 Å². The predicted molar refractivity (Wildman–Crippen MR) is 100 cm³/mol. The Morgan fingerprint density at radius 2 is 1.90 bits per heavy atom. The number of carbonyl (C=O) groups is 1. The molecule has 1 aromatic heterocycles. The third-order valence-corrected chi connectivity index (χ3v) is 4.56. The predicted octanol–water partition coefficient (Wildman–Crippen LogP) is 4.39. The summed E-state index contributed by atoms with van der Waals surface area (Å²) in [5, 5.41) is 8.08. The van der Waals surface area contributed by atoms with E-state index in [1.807, 2.05) is 0 Å². The first-order valence-corrected chi connectivity index (χ1v) is 8.79. The van der Waals surface area contributed by atoms with E-state index in [-0.39, 0.29) is 27.7 Å². The molecule has 0 bridgehead atoms. The van der Waals surface area contributed by atoms with Crippen LogP contribution < -0.4 is 10.5 Å². The van der Waals surface area contributed by atoms with E-state index in [1.165, 1.54) is 41.0 Å².